The number of halogens is 1. The van der Waals surface area contributed by atoms with Gasteiger partial charge in [-0.25, -0.2) is 13.1 Å². The second-order valence-electron chi connectivity index (χ2n) is 4.58. The van der Waals surface area contributed by atoms with Crippen molar-refractivity contribution in [1.29, 1.82) is 5.26 Å². The van der Waals surface area contributed by atoms with Gasteiger partial charge in [-0.1, -0.05) is 18.5 Å². The maximum absolute atomic E-state index is 12.0. The quantitative estimate of drug-likeness (QED) is 0.921. The highest BCUT2D eigenvalue weighted by Crippen LogP contribution is 2.37. The van der Waals surface area contributed by atoms with Crippen LogP contribution < -0.4 is 4.72 Å². The fraction of sp³-hybridized carbons (Fsp3) is 0.417. The third kappa shape index (κ3) is 2.83. The highest BCUT2D eigenvalue weighted by Gasteiger charge is 2.33. The molecule has 1 aromatic rings. The van der Waals surface area contributed by atoms with E-state index >= 15 is 0 Å². The summed E-state index contributed by atoms with van der Waals surface area (Å²) in [6.45, 7) is 2.54. The van der Waals surface area contributed by atoms with Crippen LogP contribution in [0.4, 0.5) is 0 Å². The molecule has 0 bridgehead atoms. The number of hydrogen-bond acceptors (Lipinski definition) is 3. The Kier molecular flexibility index (Phi) is 3.62. The van der Waals surface area contributed by atoms with Crippen molar-refractivity contribution in [3.63, 3.8) is 0 Å². The molecule has 96 valence electrons. The van der Waals surface area contributed by atoms with Gasteiger partial charge >= 0.3 is 0 Å². The fourth-order valence-electron chi connectivity index (χ4n) is 1.77. The molecule has 18 heavy (non-hydrogen) atoms. The molecular formula is C12H13ClN2O2S. The lowest BCUT2D eigenvalue weighted by Crippen LogP contribution is -2.26. The van der Waals surface area contributed by atoms with E-state index in [0.29, 0.717) is 23.9 Å². The van der Waals surface area contributed by atoms with Crippen molar-refractivity contribution in [2.24, 2.45) is 11.8 Å². The topological polar surface area (TPSA) is 70.0 Å². The molecule has 2 unspecified atom stereocenters. The molecule has 6 heteroatoms. The molecule has 4 nitrogen and oxygen atoms in total. The van der Waals surface area contributed by atoms with Gasteiger partial charge in [-0.15, -0.1) is 0 Å². The molecule has 0 aliphatic heterocycles. The second-order valence-corrected chi connectivity index (χ2v) is 6.72. The minimum Gasteiger partial charge on any atom is -0.211 e. The summed E-state index contributed by atoms with van der Waals surface area (Å²) in [5.74, 6) is 1.01. The van der Waals surface area contributed by atoms with Crippen LogP contribution in [0.5, 0.6) is 0 Å². The monoisotopic (exact) mass is 284 g/mol. The van der Waals surface area contributed by atoms with Crippen LogP contribution in [0.15, 0.2) is 23.1 Å². The van der Waals surface area contributed by atoms with Crippen LogP contribution in [0.25, 0.3) is 0 Å². The van der Waals surface area contributed by atoms with Crippen LogP contribution in [0.2, 0.25) is 5.02 Å². The van der Waals surface area contributed by atoms with Crippen molar-refractivity contribution in [2.45, 2.75) is 18.2 Å². The van der Waals surface area contributed by atoms with E-state index in [1.165, 1.54) is 18.2 Å². The minimum atomic E-state index is -3.59. The number of rotatable bonds is 4. The summed E-state index contributed by atoms with van der Waals surface area (Å²) >= 11 is 5.88. The molecule has 1 saturated carbocycles. The molecule has 1 aliphatic rings. The second kappa shape index (κ2) is 4.88. The lowest BCUT2D eigenvalue weighted by Gasteiger charge is -2.08. The fourth-order valence-corrected chi connectivity index (χ4v) is 3.40. The molecule has 0 saturated heterocycles. The zero-order chi connectivity index (χ0) is 13.3. The summed E-state index contributed by atoms with van der Waals surface area (Å²) in [6, 6.07) is 6.08. The van der Waals surface area contributed by atoms with Gasteiger partial charge in [-0.3, -0.25) is 0 Å². The van der Waals surface area contributed by atoms with Crippen LogP contribution >= 0.6 is 11.6 Å². The molecule has 1 fully saturated rings. The highest BCUT2D eigenvalue weighted by atomic mass is 35.5. The molecule has 0 radical (unpaired) electrons. The Morgan fingerprint density at radius 1 is 1.56 bits per heavy atom. The average molecular weight is 285 g/mol. The highest BCUT2D eigenvalue weighted by molar-refractivity contribution is 7.89. The predicted octanol–water partition coefficient (Wildman–Crippen LogP) is 2.15. The first-order valence-corrected chi connectivity index (χ1v) is 7.49. The lowest BCUT2D eigenvalue weighted by molar-refractivity contribution is 0.574. The Hall–Kier alpha value is -1.09. The van der Waals surface area contributed by atoms with E-state index in [1.54, 1.807) is 0 Å². The predicted molar refractivity (Wildman–Crippen MR) is 68.6 cm³/mol. The average Bonchev–Trinajstić information content (AvgIpc) is 3.02. The molecule has 1 aliphatic carbocycles. The Morgan fingerprint density at radius 2 is 2.22 bits per heavy atom. The Balaban J connectivity index is 2.16. The summed E-state index contributed by atoms with van der Waals surface area (Å²) < 4.78 is 26.6. The van der Waals surface area contributed by atoms with Gasteiger partial charge in [-0.2, -0.15) is 5.26 Å². The van der Waals surface area contributed by atoms with E-state index in [-0.39, 0.29) is 9.92 Å². The van der Waals surface area contributed by atoms with E-state index in [9.17, 15) is 8.42 Å². The molecule has 2 rings (SSSR count). The molecule has 1 aromatic carbocycles. The number of nitriles is 1. The number of hydrogen-bond donors (Lipinski definition) is 1. The molecule has 0 amide bonds. The molecule has 1 N–H and O–H groups in total. The van der Waals surface area contributed by atoms with Gasteiger partial charge in [0.1, 0.15) is 4.90 Å². The Bertz CT molecular complexity index is 607. The largest absolute Gasteiger partial charge is 0.242 e. The SMILES string of the molecule is CC1CC1CNS(=O)(=O)c1ccc(C#N)cc1Cl. The minimum absolute atomic E-state index is 0.0245. The van der Waals surface area contributed by atoms with E-state index in [4.69, 9.17) is 16.9 Å². The molecule has 0 aromatic heterocycles. The van der Waals surface area contributed by atoms with E-state index in [1.807, 2.05) is 6.07 Å². The standard InChI is InChI=1S/C12H13ClN2O2S/c1-8-4-10(8)7-15-18(16,17)12-3-2-9(6-14)5-11(12)13/h2-3,5,8,10,15H,4,7H2,1H3. The van der Waals surface area contributed by atoms with Gasteiger partial charge in [0.05, 0.1) is 16.7 Å². The van der Waals surface area contributed by atoms with Crippen molar-refractivity contribution in [1.82, 2.24) is 4.72 Å². The normalized spacial score (nSPS) is 22.5. The Morgan fingerprint density at radius 3 is 2.72 bits per heavy atom. The summed E-state index contributed by atoms with van der Waals surface area (Å²) in [6.07, 6.45) is 1.06. The van der Waals surface area contributed by atoms with Crippen LogP contribution in [0.1, 0.15) is 18.9 Å². The van der Waals surface area contributed by atoms with Crippen LogP contribution in [-0.4, -0.2) is 15.0 Å². The van der Waals surface area contributed by atoms with Crippen molar-refractivity contribution < 1.29 is 8.42 Å². The zero-order valence-electron chi connectivity index (χ0n) is 9.85. The maximum atomic E-state index is 12.0. The van der Waals surface area contributed by atoms with Crippen LogP contribution in [0.3, 0.4) is 0 Å². The summed E-state index contributed by atoms with van der Waals surface area (Å²) in [4.78, 5) is 0.0245. The third-order valence-electron chi connectivity index (χ3n) is 3.16. The number of nitrogens with one attached hydrogen (secondary N) is 1. The van der Waals surface area contributed by atoms with Crippen LogP contribution in [-0.2, 0) is 10.0 Å². The van der Waals surface area contributed by atoms with Gasteiger partial charge in [0.2, 0.25) is 10.0 Å². The third-order valence-corrected chi connectivity index (χ3v) is 5.07. The number of nitrogens with zero attached hydrogens (tertiary/aromatic N) is 1. The Labute approximate surface area is 112 Å². The zero-order valence-corrected chi connectivity index (χ0v) is 11.4. The summed E-state index contributed by atoms with van der Waals surface area (Å²) in [7, 11) is -3.59. The van der Waals surface area contributed by atoms with Gasteiger partial charge < -0.3 is 0 Å². The summed E-state index contributed by atoms with van der Waals surface area (Å²) in [5.41, 5.74) is 0.342. The van der Waals surface area contributed by atoms with Gasteiger partial charge in [0.25, 0.3) is 0 Å². The maximum Gasteiger partial charge on any atom is 0.242 e. The number of benzene rings is 1. The molecular weight excluding hydrogens is 272 g/mol. The van der Waals surface area contributed by atoms with Gasteiger partial charge in [0.15, 0.2) is 0 Å². The van der Waals surface area contributed by atoms with Crippen LogP contribution in [0, 0.1) is 23.2 Å². The number of sulfonamides is 1. The first-order valence-electron chi connectivity index (χ1n) is 5.63. The summed E-state index contributed by atoms with van der Waals surface area (Å²) in [5, 5.41) is 8.77. The van der Waals surface area contributed by atoms with Crippen molar-refractivity contribution in [3.05, 3.63) is 28.8 Å². The van der Waals surface area contributed by atoms with E-state index < -0.39 is 10.0 Å². The van der Waals surface area contributed by atoms with Gasteiger partial charge in [-0.05, 0) is 36.5 Å². The smallest absolute Gasteiger partial charge is 0.211 e. The van der Waals surface area contributed by atoms with Crippen molar-refractivity contribution in [3.8, 4) is 6.07 Å². The van der Waals surface area contributed by atoms with Crippen molar-refractivity contribution >= 4 is 21.6 Å². The van der Waals surface area contributed by atoms with Gasteiger partial charge in [0, 0.05) is 6.54 Å². The first-order chi connectivity index (χ1) is 8.44. The van der Waals surface area contributed by atoms with Crippen molar-refractivity contribution in [2.75, 3.05) is 6.54 Å². The first kappa shape index (κ1) is 13.3. The molecule has 0 spiro atoms. The van der Waals surface area contributed by atoms with E-state index in [0.717, 1.165) is 6.42 Å². The lowest BCUT2D eigenvalue weighted by atomic mass is 10.2. The molecule has 2 atom stereocenters. The molecule has 0 heterocycles. The van der Waals surface area contributed by atoms with E-state index in [2.05, 4.69) is 11.6 Å².